The van der Waals surface area contributed by atoms with E-state index in [0.29, 0.717) is 6.54 Å². The Balaban J connectivity index is 0.00000264. The molecule has 0 aliphatic carbocycles. The maximum absolute atomic E-state index is 4.52. The van der Waals surface area contributed by atoms with Crippen LogP contribution in [0.25, 0.3) is 0 Å². The minimum atomic E-state index is 0. The van der Waals surface area contributed by atoms with Gasteiger partial charge < -0.3 is 10.6 Å². The number of rotatable bonds is 7. The highest BCUT2D eigenvalue weighted by Crippen LogP contribution is 2.13. The first-order valence-electron chi connectivity index (χ1n) is 7.51. The number of hydrogen-bond donors (Lipinski definition) is 2. The van der Waals surface area contributed by atoms with E-state index in [1.54, 1.807) is 22.3 Å². The fourth-order valence-corrected chi connectivity index (χ4v) is 2.73. The molecule has 0 aliphatic heterocycles. The summed E-state index contributed by atoms with van der Waals surface area (Å²) in [4.78, 5) is 14.4. The Kier molecular flexibility index (Phi) is 9.07. The average molecular weight is 449 g/mol. The smallest absolute Gasteiger partial charge is 0.191 e. The second-order valence-corrected chi connectivity index (χ2v) is 5.95. The summed E-state index contributed by atoms with van der Waals surface area (Å²) in [5.41, 5.74) is 0. The van der Waals surface area contributed by atoms with Gasteiger partial charge in [-0.1, -0.05) is 6.92 Å². The van der Waals surface area contributed by atoms with Gasteiger partial charge in [-0.15, -0.1) is 35.3 Å². The lowest BCUT2D eigenvalue weighted by Crippen LogP contribution is -2.38. The van der Waals surface area contributed by atoms with E-state index in [9.17, 15) is 0 Å². The van der Waals surface area contributed by atoms with Crippen molar-refractivity contribution in [1.82, 2.24) is 30.4 Å². The fraction of sp³-hybridized carbons (Fsp3) is 0.571. The third-order valence-corrected chi connectivity index (χ3v) is 4.31. The zero-order chi connectivity index (χ0) is 15.8. The molecule has 0 atom stereocenters. The molecule has 2 N–H and O–H groups in total. The number of aliphatic imine (C=N–C) groups is 1. The average Bonchev–Trinajstić information content (AvgIpc) is 3.13. The van der Waals surface area contributed by atoms with E-state index in [4.69, 9.17) is 0 Å². The van der Waals surface area contributed by atoms with Crippen LogP contribution in [-0.4, -0.2) is 38.8 Å². The third kappa shape index (κ3) is 6.42. The van der Waals surface area contributed by atoms with Crippen molar-refractivity contribution in [3.8, 4) is 0 Å². The van der Waals surface area contributed by atoms with Gasteiger partial charge in [-0.25, -0.2) is 15.0 Å². The van der Waals surface area contributed by atoms with E-state index < -0.39 is 0 Å². The normalized spacial score (nSPS) is 11.2. The van der Waals surface area contributed by atoms with Crippen LogP contribution in [0, 0.1) is 0 Å². The number of nitrogens with one attached hydrogen (secondary N) is 2. The molecule has 0 fully saturated rings. The van der Waals surface area contributed by atoms with Gasteiger partial charge in [0.15, 0.2) is 5.96 Å². The van der Waals surface area contributed by atoms with Gasteiger partial charge >= 0.3 is 0 Å². The highest BCUT2D eigenvalue weighted by Gasteiger charge is 2.03. The van der Waals surface area contributed by atoms with Gasteiger partial charge in [0.1, 0.15) is 18.7 Å². The van der Waals surface area contributed by atoms with Gasteiger partial charge in [-0.05, 0) is 13.3 Å². The Labute approximate surface area is 158 Å². The SMILES string of the molecule is CCNC(=NCc1ncnn1C)NCCc1ncc(CC)s1.I. The quantitative estimate of drug-likeness (QED) is 0.383. The van der Waals surface area contributed by atoms with Crippen LogP contribution < -0.4 is 10.6 Å². The number of guanidine groups is 1. The summed E-state index contributed by atoms with van der Waals surface area (Å²) >= 11 is 1.78. The van der Waals surface area contributed by atoms with Crippen LogP contribution in [-0.2, 0) is 26.4 Å². The molecule has 0 saturated heterocycles. The number of halogens is 1. The number of thiazole rings is 1. The first kappa shape index (κ1) is 19.8. The zero-order valence-electron chi connectivity index (χ0n) is 13.7. The Morgan fingerprint density at radius 3 is 2.74 bits per heavy atom. The van der Waals surface area contributed by atoms with Crippen molar-refractivity contribution in [3.05, 3.63) is 28.2 Å². The van der Waals surface area contributed by atoms with Gasteiger partial charge in [-0.3, -0.25) is 4.68 Å². The van der Waals surface area contributed by atoms with Crippen LogP contribution >= 0.6 is 35.3 Å². The van der Waals surface area contributed by atoms with Crippen molar-refractivity contribution in [2.45, 2.75) is 33.2 Å². The van der Waals surface area contributed by atoms with Crippen molar-refractivity contribution in [2.24, 2.45) is 12.0 Å². The summed E-state index contributed by atoms with van der Waals surface area (Å²) in [6.45, 7) is 6.33. The minimum Gasteiger partial charge on any atom is -0.357 e. The minimum absolute atomic E-state index is 0. The van der Waals surface area contributed by atoms with Gasteiger partial charge in [0, 0.05) is 37.6 Å². The van der Waals surface area contributed by atoms with Crippen LogP contribution in [0.2, 0.25) is 0 Å². The molecule has 0 unspecified atom stereocenters. The molecular weight excluding hydrogens is 425 g/mol. The molecule has 7 nitrogen and oxygen atoms in total. The van der Waals surface area contributed by atoms with E-state index in [0.717, 1.165) is 42.7 Å². The molecule has 0 amide bonds. The van der Waals surface area contributed by atoms with E-state index in [1.807, 2.05) is 20.2 Å². The molecule has 0 bridgehead atoms. The van der Waals surface area contributed by atoms with Gasteiger partial charge in [0.2, 0.25) is 0 Å². The molecule has 2 heterocycles. The van der Waals surface area contributed by atoms with Crippen molar-refractivity contribution >= 4 is 41.3 Å². The van der Waals surface area contributed by atoms with Crippen molar-refractivity contribution < 1.29 is 0 Å². The third-order valence-electron chi connectivity index (χ3n) is 3.11. The maximum Gasteiger partial charge on any atom is 0.191 e. The Morgan fingerprint density at radius 1 is 1.30 bits per heavy atom. The molecule has 0 aliphatic rings. The summed E-state index contributed by atoms with van der Waals surface area (Å²) in [6, 6.07) is 0. The monoisotopic (exact) mass is 449 g/mol. The highest BCUT2D eigenvalue weighted by atomic mass is 127. The lowest BCUT2D eigenvalue weighted by atomic mass is 10.4. The Hall–Kier alpha value is -1.23. The van der Waals surface area contributed by atoms with Gasteiger partial charge in [0.05, 0.1) is 5.01 Å². The molecule has 23 heavy (non-hydrogen) atoms. The van der Waals surface area contributed by atoms with Crippen LogP contribution in [0.5, 0.6) is 0 Å². The summed E-state index contributed by atoms with van der Waals surface area (Å²) in [6.07, 6.45) is 5.46. The lowest BCUT2D eigenvalue weighted by Gasteiger charge is -2.10. The lowest BCUT2D eigenvalue weighted by molar-refractivity contribution is 0.697. The van der Waals surface area contributed by atoms with Crippen LogP contribution in [0.1, 0.15) is 29.6 Å². The largest absolute Gasteiger partial charge is 0.357 e. The van der Waals surface area contributed by atoms with Crippen LogP contribution in [0.15, 0.2) is 17.5 Å². The topological polar surface area (TPSA) is 80.0 Å². The van der Waals surface area contributed by atoms with Gasteiger partial charge in [-0.2, -0.15) is 5.10 Å². The fourth-order valence-electron chi connectivity index (χ4n) is 1.87. The molecule has 0 spiro atoms. The van der Waals surface area contributed by atoms with Crippen molar-refractivity contribution in [1.29, 1.82) is 0 Å². The molecule has 9 heteroatoms. The first-order valence-corrected chi connectivity index (χ1v) is 8.33. The second kappa shape index (κ2) is 10.5. The Bertz CT molecular complexity index is 608. The predicted molar refractivity (Wildman–Crippen MR) is 104 cm³/mol. The van der Waals surface area contributed by atoms with Crippen molar-refractivity contribution in [3.63, 3.8) is 0 Å². The van der Waals surface area contributed by atoms with Crippen molar-refractivity contribution in [2.75, 3.05) is 13.1 Å². The predicted octanol–water partition coefficient (Wildman–Crippen LogP) is 1.75. The van der Waals surface area contributed by atoms with Crippen LogP contribution in [0.4, 0.5) is 0 Å². The molecule has 2 rings (SSSR count). The molecule has 2 aromatic heterocycles. The maximum atomic E-state index is 4.52. The number of hydrogen-bond acceptors (Lipinski definition) is 5. The molecule has 0 saturated carbocycles. The standard InChI is InChI=1S/C14H23N7S.HI/c1-4-11-8-17-13(22-11)6-7-16-14(15-5-2)18-9-12-19-10-20-21(12)3;/h8,10H,4-7,9H2,1-3H3,(H2,15,16,18);1H. The molecule has 128 valence electrons. The van der Waals surface area contributed by atoms with Gasteiger partial charge in [0.25, 0.3) is 0 Å². The first-order chi connectivity index (χ1) is 10.7. The summed E-state index contributed by atoms with van der Waals surface area (Å²) in [5.74, 6) is 1.63. The summed E-state index contributed by atoms with van der Waals surface area (Å²) in [5, 5.41) is 11.8. The highest BCUT2D eigenvalue weighted by molar-refractivity contribution is 14.0. The molecular formula is C14H24IN7S. The molecule has 0 radical (unpaired) electrons. The molecule has 0 aromatic carbocycles. The number of aromatic nitrogens is 4. The number of aryl methyl sites for hydroxylation is 2. The summed E-state index contributed by atoms with van der Waals surface area (Å²) in [7, 11) is 1.87. The van der Waals surface area contributed by atoms with Crippen LogP contribution in [0.3, 0.4) is 0 Å². The van der Waals surface area contributed by atoms with E-state index in [-0.39, 0.29) is 24.0 Å². The van der Waals surface area contributed by atoms with E-state index in [2.05, 4.69) is 37.6 Å². The van der Waals surface area contributed by atoms with E-state index in [1.165, 1.54) is 4.88 Å². The second-order valence-electron chi connectivity index (χ2n) is 4.75. The number of nitrogens with zero attached hydrogens (tertiary/aromatic N) is 5. The zero-order valence-corrected chi connectivity index (χ0v) is 16.9. The Morgan fingerprint density at radius 2 is 2.13 bits per heavy atom. The van der Waals surface area contributed by atoms with E-state index >= 15 is 0 Å². The summed E-state index contributed by atoms with van der Waals surface area (Å²) < 4.78 is 1.73. The molecule has 2 aromatic rings.